The molecule has 6 heteroatoms. The Balaban J connectivity index is 3.56. The highest BCUT2D eigenvalue weighted by Gasteiger charge is 2.20. The molecule has 1 rings (SSSR count). The summed E-state index contributed by atoms with van der Waals surface area (Å²) in [6.45, 7) is 0. The summed E-state index contributed by atoms with van der Waals surface area (Å²) in [5, 5.41) is 0. The molecule has 1 aromatic carbocycles. The van der Waals surface area contributed by atoms with E-state index in [2.05, 4.69) is 31.9 Å². The average Bonchev–Trinajstić information content (AvgIpc) is 2.01. The normalized spacial score (nSPS) is 10.2. The van der Waals surface area contributed by atoms with E-state index in [9.17, 15) is 13.6 Å². The Morgan fingerprint density at radius 1 is 1.23 bits per heavy atom. The number of amides is 1. The molecule has 0 aliphatic heterocycles. The van der Waals surface area contributed by atoms with Gasteiger partial charge in [0.2, 0.25) is 0 Å². The summed E-state index contributed by atoms with van der Waals surface area (Å²) in [7, 11) is 0. The SMILES string of the molecule is NC(=O)c1c(F)c(Br)cc(Br)c1F. The minimum atomic E-state index is -1.14. The number of nitrogens with two attached hydrogens (primary N) is 1. The molecule has 70 valence electrons. The van der Waals surface area contributed by atoms with E-state index in [0.29, 0.717) is 0 Å². The molecule has 0 fully saturated rings. The van der Waals surface area contributed by atoms with Gasteiger partial charge in [-0.05, 0) is 37.9 Å². The van der Waals surface area contributed by atoms with E-state index < -0.39 is 23.1 Å². The number of benzene rings is 1. The second-order valence-electron chi connectivity index (χ2n) is 2.21. The van der Waals surface area contributed by atoms with Gasteiger partial charge in [0.05, 0.1) is 8.95 Å². The Kier molecular flexibility index (Phi) is 3.02. The van der Waals surface area contributed by atoms with Crippen molar-refractivity contribution in [2.45, 2.75) is 0 Å². The fourth-order valence-electron chi connectivity index (χ4n) is 0.789. The Morgan fingerprint density at radius 2 is 1.62 bits per heavy atom. The largest absolute Gasteiger partial charge is 0.365 e. The van der Waals surface area contributed by atoms with Crippen molar-refractivity contribution in [3.8, 4) is 0 Å². The quantitative estimate of drug-likeness (QED) is 0.796. The van der Waals surface area contributed by atoms with Gasteiger partial charge in [-0.3, -0.25) is 4.79 Å². The van der Waals surface area contributed by atoms with Crippen LogP contribution in [0.2, 0.25) is 0 Å². The third kappa shape index (κ3) is 1.88. The fourth-order valence-corrected chi connectivity index (χ4v) is 1.95. The molecule has 0 spiro atoms. The number of primary amides is 1. The molecule has 0 saturated carbocycles. The zero-order chi connectivity index (χ0) is 10.2. The molecular weight excluding hydrogens is 312 g/mol. The van der Waals surface area contributed by atoms with Crippen molar-refractivity contribution in [2.75, 3.05) is 0 Å². The standard InChI is InChI=1S/C7H3Br2F2NO/c8-2-1-3(9)6(11)4(5(2)10)7(12)13/h1H,(H2,12,13). The minimum absolute atomic E-state index is 0.0189. The summed E-state index contributed by atoms with van der Waals surface area (Å²) in [5.74, 6) is -3.13. The van der Waals surface area contributed by atoms with Crippen LogP contribution in [0.5, 0.6) is 0 Å². The molecule has 1 amide bonds. The van der Waals surface area contributed by atoms with Crippen molar-refractivity contribution in [1.29, 1.82) is 0 Å². The van der Waals surface area contributed by atoms with Gasteiger partial charge in [-0.2, -0.15) is 0 Å². The predicted molar refractivity (Wildman–Crippen MR) is 50.3 cm³/mol. The van der Waals surface area contributed by atoms with Crippen LogP contribution in [0.4, 0.5) is 8.78 Å². The van der Waals surface area contributed by atoms with Crippen molar-refractivity contribution in [2.24, 2.45) is 5.73 Å². The van der Waals surface area contributed by atoms with Crippen LogP contribution in [0.15, 0.2) is 15.0 Å². The van der Waals surface area contributed by atoms with E-state index in [-0.39, 0.29) is 8.95 Å². The first-order valence-corrected chi connectivity index (χ1v) is 4.66. The van der Waals surface area contributed by atoms with Gasteiger partial charge in [-0.25, -0.2) is 8.78 Å². The summed E-state index contributed by atoms with van der Waals surface area (Å²) < 4.78 is 26.1. The fraction of sp³-hybridized carbons (Fsp3) is 0. The molecule has 1 aromatic rings. The molecule has 0 bridgehead atoms. The van der Waals surface area contributed by atoms with Crippen molar-refractivity contribution in [3.63, 3.8) is 0 Å². The highest BCUT2D eigenvalue weighted by Crippen LogP contribution is 2.27. The van der Waals surface area contributed by atoms with Crippen LogP contribution >= 0.6 is 31.9 Å². The van der Waals surface area contributed by atoms with Gasteiger partial charge in [-0.15, -0.1) is 0 Å². The van der Waals surface area contributed by atoms with E-state index in [1.54, 1.807) is 0 Å². The minimum Gasteiger partial charge on any atom is -0.365 e. The lowest BCUT2D eigenvalue weighted by Gasteiger charge is -2.04. The second-order valence-corrected chi connectivity index (χ2v) is 3.92. The van der Waals surface area contributed by atoms with Gasteiger partial charge in [0, 0.05) is 0 Å². The smallest absolute Gasteiger partial charge is 0.254 e. The number of hydrogen-bond acceptors (Lipinski definition) is 1. The molecule has 0 unspecified atom stereocenters. The average molecular weight is 315 g/mol. The van der Waals surface area contributed by atoms with Crippen molar-refractivity contribution >= 4 is 37.8 Å². The summed E-state index contributed by atoms with van der Waals surface area (Å²) >= 11 is 5.64. The topological polar surface area (TPSA) is 43.1 Å². The van der Waals surface area contributed by atoms with Crippen molar-refractivity contribution in [3.05, 3.63) is 32.2 Å². The Morgan fingerprint density at radius 3 is 1.92 bits per heavy atom. The predicted octanol–water partition coefficient (Wildman–Crippen LogP) is 2.59. The van der Waals surface area contributed by atoms with Crippen LogP contribution in [0.3, 0.4) is 0 Å². The number of rotatable bonds is 1. The van der Waals surface area contributed by atoms with Gasteiger partial charge < -0.3 is 5.73 Å². The third-order valence-electron chi connectivity index (χ3n) is 1.36. The second kappa shape index (κ2) is 3.71. The van der Waals surface area contributed by atoms with Crippen molar-refractivity contribution < 1.29 is 13.6 Å². The highest BCUT2D eigenvalue weighted by molar-refractivity contribution is 9.11. The zero-order valence-corrected chi connectivity index (χ0v) is 9.25. The zero-order valence-electron chi connectivity index (χ0n) is 6.07. The van der Waals surface area contributed by atoms with Crippen LogP contribution in [0.25, 0.3) is 0 Å². The first-order chi connectivity index (χ1) is 5.95. The van der Waals surface area contributed by atoms with Gasteiger partial charge in [0.25, 0.3) is 5.91 Å². The van der Waals surface area contributed by atoms with E-state index in [0.717, 1.165) is 6.07 Å². The Hall–Kier alpha value is -0.490. The highest BCUT2D eigenvalue weighted by atomic mass is 79.9. The van der Waals surface area contributed by atoms with E-state index >= 15 is 0 Å². The molecule has 0 aliphatic carbocycles. The van der Waals surface area contributed by atoms with Crippen LogP contribution in [-0.4, -0.2) is 5.91 Å². The number of carbonyl (C=O) groups excluding carboxylic acids is 1. The summed E-state index contributed by atoms with van der Waals surface area (Å²) in [6.07, 6.45) is 0. The van der Waals surface area contributed by atoms with Gasteiger partial charge in [0.1, 0.15) is 5.56 Å². The van der Waals surface area contributed by atoms with E-state index in [1.807, 2.05) is 0 Å². The van der Waals surface area contributed by atoms with Crippen LogP contribution in [0, 0.1) is 11.6 Å². The molecule has 0 heterocycles. The molecule has 0 atom stereocenters. The van der Waals surface area contributed by atoms with Crippen LogP contribution in [-0.2, 0) is 0 Å². The molecule has 0 radical (unpaired) electrons. The number of hydrogen-bond donors (Lipinski definition) is 1. The molecule has 13 heavy (non-hydrogen) atoms. The first-order valence-electron chi connectivity index (χ1n) is 3.08. The molecule has 2 N–H and O–H groups in total. The maximum Gasteiger partial charge on any atom is 0.254 e. The maximum atomic E-state index is 13.1. The third-order valence-corrected chi connectivity index (χ3v) is 2.51. The Labute approximate surface area is 89.4 Å². The van der Waals surface area contributed by atoms with E-state index in [4.69, 9.17) is 5.73 Å². The van der Waals surface area contributed by atoms with Crippen LogP contribution in [0.1, 0.15) is 10.4 Å². The summed E-state index contributed by atoms with van der Waals surface area (Å²) in [4.78, 5) is 10.6. The van der Waals surface area contributed by atoms with Crippen molar-refractivity contribution in [1.82, 2.24) is 0 Å². The first kappa shape index (κ1) is 10.6. The summed E-state index contributed by atoms with van der Waals surface area (Å²) in [6, 6.07) is 1.16. The Bertz CT molecular complexity index is 355. The lowest BCUT2D eigenvalue weighted by atomic mass is 10.2. The van der Waals surface area contributed by atoms with Gasteiger partial charge in [-0.1, -0.05) is 0 Å². The molecular formula is C7H3Br2F2NO. The molecule has 0 saturated heterocycles. The molecule has 0 aliphatic rings. The lowest BCUT2D eigenvalue weighted by molar-refractivity contribution is 0.0992. The monoisotopic (exact) mass is 313 g/mol. The molecule has 2 nitrogen and oxygen atoms in total. The van der Waals surface area contributed by atoms with Gasteiger partial charge in [0.15, 0.2) is 11.6 Å². The maximum absolute atomic E-state index is 13.1. The van der Waals surface area contributed by atoms with Gasteiger partial charge >= 0.3 is 0 Å². The number of carbonyl (C=O) groups is 1. The molecule has 0 aromatic heterocycles. The number of halogens is 4. The van der Waals surface area contributed by atoms with E-state index in [1.165, 1.54) is 0 Å². The summed E-state index contributed by atoms with van der Waals surface area (Å²) in [5.41, 5.74) is 4.04. The van der Waals surface area contributed by atoms with Crippen LogP contribution < -0.4 is 5.73 Å². The lowest BCUT2D eigenvalue weighted by Crippen LogP contribution is -2.16.